The van der Waals surface area contributed by atoms with E-state index in [1.165, 1.54) is 0 Å². The van der Waals surface area contributed by atoms with Crippen LogP contribution in [0.5, 0.6) is 0 Å². The molecule has 0 spiro atoms. The molecule has 1 aromatic rings. The van der Waals surface area contributed by atoms with Crippen LogP contribution in [0.2, 0.25) is 0 Å². The number of methoxy groups -OCH3 is 1. The maximum atomic E-state index is 12.7. The number of hydrogen-bond donors (Lipinski definition) is 1. The van der Waals surface area contributed by atoms with Crippen molar-refractivity contribution in [1.29, 1.82) is 0 Å². The van der Waals surface area contributed by atoms with Gasteiger partial charge in [-0.05, 0) is 30.4 Å². The summed E-state index contributed by atoms with van der Waals surface area (Å²) in [5.74, 6) is 0.455. The van der Waals surface area contributed by atoms with Gasteiger partial charge in [-0.15, -0.1) is 0 Å². The SMILES string of the molecule is COCC1CCN(S(=O)(=O)c2ccccc2CN)CC1. The molecule has 1 aliphatic heterocycles. The van der Waals surface area contributed by atoms with E-state index in [4.69, 9.17) is 10.5 Å². The van der Waals surface area contributed by atoms with Gasteiger partial charge in [-0.1, -0.05) is 18.2 Å². The van der Waals surface area contributed by atoms with E-state index in [1.807, 2.05) is 6.07 Å². The van der Waals surface area contributed by atoms with Crippen molar-refractivity contribution in [2.24, 2.45) is 11.7 Å². The Morgan fingerprint density at radius 2 is 1.95 bits per heavy atom. The summed E-state index contributed by atoms with van der Waals surface area (Å²) in [6.45, 7) is 2.04. The Bertz CT molecular complexity index is 537. The fourth-order valence-corrected chi connectivity index (χ4v) is 4.32. The van der Waals surface area contributed by atoms with Crippen LogP contribution in [0.1, 0.15) is 18.4 Å². The van der Waals surface area contributed by atoms with Crippen molar-refractivity contribution in [2.45, 2.75) is 24.3 Å². The van der Waals surface area contributed by atoms with Crippen molar-refractivity contribution < 1.29 is 13.2 Å². The number of hydrogen-bond acceptors (Lipinski definition) is 4. The molecule has 0 unspecified atom stereocenters. The molecular weight excluding hydrogens is 276 g/mol. The highest BCUT2D eigenvalue weighted by Gasteiger charge is 2.30. The second-order valence-corrected chi connectivity index (χ2v) is 7.02. The molecule has 0 aromatic heterocycles. The fraction of sp³-hybridized carbons (Fsp3) is 0.571. The molecule has 5 nitrogen and oxygen atoms in total. The summed E-state index contributed by atoms with van der Waals surface area (Å²) in [5.41, 5.74) is 6.31. The van der Waals surface area contributed by atoms with Gasteiger partial charge in [0.15, 0.2) is 0 Å². The molecule has 2 rings (SSSR count). The minimum absolute atomic E-state index is 0.232. The van der Waals surface area contributed by atoms with Crippen LogP contribution < -0.4 is 5.73 Å². The summed E-state index contributed by atoms with van der Waals surface area (Å²) in [7, 11) is -1.75. The smallest absolute Gasteiger partial charge is 0.243 e. The van der Waals surface area contributed by atoms with Gasteiger partial charge in [-0.2, -0.15) is 4.31 Å². The number of nitrogens with zero attached hydrogens (tertiary/aromatic N) is 1. The van der Waals surface area contributed by atoms with Crippen molar-refractivity contribution >= 4 is 10.0 Å². The Morgan fingerprint density at radius 1 is 1.30 bits per heavy atom. The Hall–Kier alpha value is -0.950. The number of nitrogens with two attached hydrogens (primary N) is 1. The molecule has 0 aliphatic carbocycles. The monoisotopic (exact) mass is 298 g/mol. The summed E-state index contributed by atoms with van der Waals surface area (Å²) in [6, 6.07) is 6.96. The van der Waals surface area contributed by atoms with Crippen molar-refractivity contribution in [1.82, 2.24) is 4.31 Å². The van der Waals surface area contributed by atoms with Crippen LogP contribution in [0.15, 0.2) is 29.2 Å². The lowest BCUT2D eigenvalue weighted by molar-refractivity contribution is 0.121. The molecule has 1 aromatic carbocycles. The van der Waals surface area contributed by atoms with E-state index >= 15 is 0 Å². The number of sulfonamides is 1. The first-order valence-electron chi connectivity index (χ1n) is 6.86. The van der Waals surface area contributed by atoms with Crippen molar-refractivity contribution in [3.63, 3.8) is 0 Å². The van der Waals surface area contributed by atoms with E-state index in [0.717, 1.165) is 12.8 Å². The summed E-state index contributed by atoms with van der Waals surface area (Å²) >= 11 is 0. The standard InChI is InChI=1S/C14H22N2O3S/c1-19-11-12-6-8-16(9-7-12)20(17,18)14-5-3-2-4-13(14)10-15/h2-5,12H,6-11,15H2,1H3. The Kier molecular flexibility index (Phi) is 5.15. The molecule has 20 heavy (non-hydrogen) atoms. The summed E-state index contributed by atoms with van der Waals surface area (Å²) < 4.78 is 32.0. The van der Waals surface area contributed by atoms with Crippen molar-refractivity contribution in [3.05, 3.63) is 29.8 Å². The van der Waals surface area contributed by atoms with E-state index in [9.17, 15) is 8.42 Å². The minimum atomic E-state index is -3.43. The molecule has 0 amide bonds. The number of piperidine rings is 1. The second-order valence-electron chi connectivity index (χ2n) is 5.11. The lowest BCUT2D eigenvalue weighted by atomic mass is 9.99. The molecule has 112 valence electrons. The lowest BCUT2D eigenvalue weighted by Crippen LogP contribution is -2.39. The average molecular weight is 298 g/mol. The van der Waals surface area contributed by atoms with Crippen LogP contribution in [0.4, 0.5) is 0 Å². The van der Waals surface area contributed by atoms with Gasteiger partial charge in [-0.3, -0.25) is 0 Å². The first-order chi connectivity index (χ1) is 9.59. The molecule has 1 heterocycles. The number of rotatable bonds is 5. The van der Waals surface area contributed by atoms with Crippen molar-refractivity contribution in [2.75, 3.05) is 26.8 Å². The summed E-state index contributed by atoms with van der Waals surface area (Å²) in [6.07, 6.45) is 1.69. The van der Waals surface area contributed by atoms with Gasteiger partial charge in [0.2, 0.25) is 10.0 Å². The van der Waals surface area contributed by atoms with Gasteiger partial charge in [0.1, 0.15) is 0 Å². The minimum Gasteiger partial charge on any atom is -0.384 e. The first kappa shape index (κ1) is 15.4. The Morgan fingerprint density at radius 3 is 2.55 bits per heavy atom. The third-order valence-electron chi connectivity index (χ3n) is 3.79. The van der Waals surface area contributed by atoms with Crippen LogP contribution in [-0.2, 0) is 21.3 Å². The topological polar surface area (TPSA) is 72.6 Å². The zero-order valence-electron chi connectivity index (χ0n) is 11.8. The van der Waals surface area contributed by atoms with Gasteiger partial charge in [-0.25, -0.2) is 8.42 Å². The van der Waals surface area contributed by atoms with E-state index in [0.29, 0.717) is 36.1 Å². The third-order valence-corrected chi connectivity index (χ3v) is 5.79. The Labute approximate surface area is 120 Å². The van der Waals surface area contributed by atoms with Gasteiger partial charge in [0.25, 0.3) is 0 Å². The highest BCUT2D eigenvalue weighted by atomic mass is 32.2. The quantitative estimate of drug-likeness (QED) is 0.886. The zero-order valence-corrected chi connectivity index (χ0v) is 12.6. The van der Waals surface area contributed by atoms with Crippen LogP contribution >= 0.6 is 0 Å². The average Bonchev–Trinajstić information content (AvgIpc) is 2.48. The van der Waals surface area contributed by atoms with Crippen LogP contribution in [-0.4, -0.2) is 39.5 Å². The fourth-order valence-electron chi connectivity index (χ4n) is 2.62. The normalized spacial score (nSPS) is 18.3. The first-order valence-corrected chi connectivity index (χ1v) is 8.30. The maximum absolute atomic E-state index is 12.7. The molecule has 0 radical (unpaired) electrons. The van der Waals surface area contributed by atoms with E-state index in [1.54, 1.807) is 29.6 Å². The van der Waals surface area contributed by atoms with E-state index in [-0.39, 0.29) is 6.54 Å². The van der Waals surface area contributed by atoms with Crippen LogP contribution in [0.25, 0.3) is 0 Å². The summed E-state index contributed by atoms with van der Waals surface area (Å²) in [5, 5.41) is 0. The predicted molar refractivity (Wildman–Crippen MR) is 77.7 cm³/mol. The maximum Gasteiger partial charge on any atom is 0.243 e. The van der Waals surface area contributed by atoms with Gasteiger partial charge >= 0.3 is 0 Å². The number of ether oxygens (including phenoxy) is 1. The van der Waals surface area contributed by atoms with Crippen molar-refractivity contribution in [3.8, 4) is 0 Å². The highest BCUT2D eigenvalue weighted by molar-refractivity contribution is 7.89. The van der Waals surface area contributed by atoms with Crippen LogP contribution in [0.3, 0.4) is 0 Å². The van der Waals surface area contributed by atoms with E-state index in [2.05, 4.69) is 0 Å². The van der Waals surface area contributed by atoms with Gasteiger partial charge in [0.05, 0.1) is 4.90 Å². The summed E-state index contributed by atoms with van der Waals surface area (Å²) in [4.78, 5) is 0.340. The molecule has 1 saturated heterocycles. The predicted octanol–water partition coefficient (Wildman–Crippen LogP) is 1.19. The van der Waals surface area contributed by atoms with Gasteiger partial charge < -0.3 is 10.5 Å². The highest BCUT2D eigenvalue weighted by Crippen LogP contribution is 2.25. The number of benzene rings is 1. The third kappa shape index (κ3) is 3.20. The second kappa shape index (κ2) is 6.67. The Balaban J connectivity index is 2.16. The molecule has 1 fully saturated rings. The zero-order chi connectivity index (χ0) is 14.6. The molecule has 1 aliphatic rings. The largest absolute Gasteiger partial charge is 0.384 e. The molecular formula is C14H22N2O3S. The van der Waals surface area contributed by atoms with E-state index < -0.39 is 10.0 Å². The van der Waals surface area contributed by atoms with Gasteiger partial charge in [0, 0.05) is 33.4 Å². The molecule has 0 bridgehead atoms. The molecule has 0 atom stereocenters. The lowest BCUT2D eigenvalue weighted by Gasteiger charge is -2.31. The molecule has 6 heteroatoms. The van der Waals surface area contributed by atoms with Crippen LogP contribution in [0, 0.1) is 5.92 Å². The molecule has 2 N–H and O–H groups in total. The molecule has 0 saturated carbocycles.